The van der Waals surface area contributed by atoms with Crippen LogP contribution < -0.4 is 0 Å². The molecule has 36 heavy (non-hydrogen) atoms. The molecule has 8 heteroatoms. The molecule has 2 aliphatic heterocycles. The summed E-state index contributed by atoms with van der Waals surface area (Å²) in [7, 11) is 3.44. The van der Waals surface area contributed by atoms with Gasteiger partial charge in [-0.15, -0.1) is 0 Å². The smallest absolute Gasteiger partial charge is 0.249 e. The highest BCUT2D eigenvalue weighted by atomic mass is 19.2. The van der Waals surface area contributed by atoms with Crippen molar-refractivity contribution in [2.75, 3.05) is 40.3 Å². The summed E-state index contributed by atoms with van der Waals surface area (Å²) in [6.45, 7) is 7.43. The molecule has 0 radical (unpaired) electrons. The van der Waals surface area contributed by atoms with E-state index in [2.05, 4.69) is 40.9 Å². The van der Waals surface area contributed by atoms with Crippen molar-refractivity contribution in [2.45, 2.75) is 37.5 Å². The first kappa shape index (κ1) is 26.0. The van der Waals surface area contributed by atoms with Gasteiger partial charge in [0.05, 0.1) is 12.2 Å². The monoisotopic (exact) mass is 496 g/mol. The Labute approximate surface area is 211 Å². The van der Waals surface area contributed by atoms with Crippen molar-refractivity contribution in [3.8, 4) is 0 Å². The summed E-state index contributed by atoms with van der Waals surface area (Å²) in [6.07, 6.45) is 5.79. The maximum Gasteiger partial charge on any atom is 0.249 e. The van der Waals surface area contributed by atoms with Gasteiger partial charge in [-0.05, 0) is 61.3 Å². The zero-order valence-corrected chi connectivity index (χ0v) is 21.0. The van der Waals surface area contributed by atoms with Crippen molar-refractivity contribution in [3.05, 3.63) is 83.2 Å². The molecule has 1 saturated heterocycles. The topological polar surface area (TPSA) is 48.4 Å². The van der Waals surface area contributed by atoms with E-state index in [1.165, 1.54) is 23.4 Å². The van der Waals surface area contributed by atoms with E-state index in [0.29, 0.717) is 18.7 Å². The molecule has 192 valence electrons. The molecule has 1 amide bonds. The molecular formula is C28H34F2N4O2. The molecule has 0 aromatic heterocycles. The van der Waals surface area contributed by atoms with Crippen LogP contribution in [0.3, 0.4) is 0 Å². The average molecular weight is 497 g/mol. The molecule has 0 bridgehead atoms. The molecule has 2 heterocycles. The lowest BCUT2D eigenvalue weighted by molar-refractivity contribution is -0.134. The molecule has 2 aliphatic rings. The van der Waals surface area contributed by atoms with Crippen LogP contribution in [0.25, 0.3) is 0 Å². The molecule has 0 aliphatic carbocycles. The number of piperidine rings is 1. The number of benzene rings is 2. The third-order valence-electron chi connectivity index (χ3n) is 7.33. The summed E-state index contributed by atoms with van der Waals surface area (Å²) < 4.78 is 33.7. The van der Waals surface area contributed by atoms with Crippen molar-refractivity contribution in [1.82, 2.24) is 14.7 Å². The van der Waals surface area contributed by atoms with Crippen LogP contribution in [0.1, 0.15) is 42.0 Å². The maximum absolute atomic E-state index is 13.9. The van der Waals surface area contributed by atoms with E-state index in [9.17, 15) is 13.6 Å². The SMILES string of the molecule is C=N/C=C\N(C)C(C(=O)N(C)CCCN1CCC2(CC1)OCc1ccccc12)c1ccc(F)c(F)c1. The minimum atomic E-state index is -0.982. The number of hydrogen-bond donors (Lipinski definition) is 0. The highest BCUT2D eigenvalue weighted by molar-refractivity contribution is 5.83. The summed E-state index contributed by atoms with van der Waals surface area (Å²) >= 11 is 0. The predicted molar refractivity (Wildman–Crippen MR) is 136 cm³/mol. The van der Waals surface area contributed by atoms with Gasteiger partial charge in [0.1, 0.15) is 6.04 Å². The number of carbonyl (C=O) groups excluding carboxylic acids is 1. The number of fused-ring (bicyclic) bond motifs is 2. The molecule has 4 rings (SSSR count). The Morgan fingerprint density at radius 1 is 1.19 bits per heavy atom. The highest BCUT2D eigenvalue weighted by Crippen LogP contribution is 2.43. The van der Waals surface area contributed by atoms with Gasteiger partial charge in [-0.2, -0.15) is 0 Å². The third-order valence-corrected chi connectivity index (χ3v) is 7.33. The number of likely N-dealkylation sites (N-methyl/N-ethyl adjacent to an activating group) is 2. The molecule has 1 spiro atoms. The fraction of sp³-hybridized carbons (Fsp3) is 0.429. The zero-order chi connectivity index (χ0) is 25.7. The van der Waals surface area contributed by atoms with Crippen molar-refractivity contribution < 1.29 is 18.3 Å². The first-order valence-corrected chi connectivity index (χ1v) is 12.3. The van der Waals surface area contributed by atoms with Gasteiger partial charge in [0.15, 0.2) is 11.6 Å². The number of aliphatic imine (C=N–C) groups is 1. The van der Waals surface area contributed by atoms with E-state index in [0.717, 1.165) is 51.0 Å². The van der Waals surface area contributed by atoms with Crippen LogP contribution in [0.15, 0.2) is 59.9 Å². The van der Waals surface area contributed by atoms with Crippen molar-refractivity contribution in [1.29, 1.82) is 0 Å². The van der Waals surface area contributed by atoms with Gasteiger partial charge >= 0.3 is 0 Å². The van der Waals surface area contributed by atoms with Crippen LogP contribution in [-0.4, -0.2) is 67.6 Å². The van der Waals surface area contributed by atoms with Gasteiger partial charge < -0.3 is 19.4 Å². The second kappa shape index (κ2) is 11.3. The van der Waals surface area contributed by atoms with Crippen molar-refractivity contribution in [2.24, 2.45) is 4.99 Å². The summed E-state index contributed by atoms with van der Waals surface area (Å²) in [5, 5.41) is 0. The zero-order valence-electron chi connectivity index (χ0n) is 21.0. The fourth-order valence-corrected chi connectivity index (χ4v) is 5.26. The maximum atomic E-state index is 13.9. The lowest BCUT2D eigenvalue weighted by Crippen LogP contribution is -2.44. The summed E-state index contributed by atoms with van der Waals surface area (Å²) in [5.41, 5.74) is 2.85. The predicted octanol–water partition coefficient (Wildman–Crippen LogP) is 4.48. The Bertz CT molecular complexity index is 1110. The van der Waals surface area contributed by atoms with Gasteiger partial charge in [0, 0.05) is 46.1 Å². The van der Waals surface area contributed by atoms with E-state index in [1.807, 2.05) is 0 Å². The van der Waals surface area contributed by atoms with Crippen LogP contribution in [0.4, 0.5) is 8.78 Å². The second-order valence-electron chi connectivity index (χ2n) is 9.62. The summed E-state index contributed by atoms with van der Waals surface area (Å²) in [5.74, 6) is -2.13. The van der Waals surface area contributed by atoms with Crippen molar-refractivity contribution in [3.63, 3.8) is 0 Å². The molecule has 6 nitrogen and oxygen atoms in total. The number of rotatable bonds is 9. The van der Waals surface area contributed by atoms with E-state index in [4.69, 9.17) is 4.74 Å². The van der Waals surface area contributed by atoms with Crippen LogP contribution in [0.2, 0.25) is 0 Å². The number of carbonyl (C=O) groups is 1. The lowest BCUT2D eigenvalue weighted by Gasteiger charge is -2.39. The van der Waals surface area contributed by atoms with Gasteiger partial charge in [0.25, 0.3) is 0 Å². The Hall–Kier alpha value is -3.10. The van der Waals surface area contributed by atoms with E-state index >= 15 is 0 Å². The Kier molecular flexibility index (Phi) is 8.16. The molecule has 1 atom stereocenters. The molecule has 0 N–H and O–H groups in total. The number of likely N-dealkylation sites (tertiary alicyclic amines) is 1. The normalized spacial score (nSPS) is 17.8. The lowest BCUT2D eigenvalue weighted by atomic mass is 9.84. The molecule has 0 saturated carbocycles. The number of ether oxygens (including phenoxy) is 1. The van der Waals surface area contributed by atoms with Gasteiger partial charge in [0.2, 0.25) is 5.91 Å². The van der Waals surface area contributed by atoms with Crippen LogP contribution in [0, 0.1) is 11.6 Å². The largest absolute Gasteiger partial charge is 0.365 e. The van der Waals surface area contributed by atoms with E-state index in [-0.39, 0.29) is 11.5 Å². The first-order chi connectivity index (χ1) is 17.3. The molecular weight excluding hydrogens is 462 g/mol. The number of hydrogen-bond acceptors (Lipinski definition) is 5. The Morgan fingerprint density at radius 3 is 2.67 bits per heavy atom. The number of halogens is 2. The minimum absolute atomic E-state index is 0.157. The summed E-state index contributed by atoms with van der Waals surface area (Å²) in [6, 6.07) is 11.2. The fourth-order valence-electron chi connectivity index (χ4n) is 5.26. The first-order valence-electron chi connectivity index (χ1n) is 12.3. The van der Waals surface area contributed by atoms with Crippen LogP contribution >= 0.6 is 0 Å². The second-order valence-corrected chi connectivity index (χ2v) is 9.62. The van der Waals surface area contributed by atoms with E-state index < -0.39 is 17.7 Å². The quantitative estimate of drug-likeness (QED) is 0.481. The standard InChI is InChI=1S/C28H34F2N4O2/c1-31-13-18-32(2)26(21-9-10-24(29)25(30)19-21)27(35)33(3)14-6-15-34-16-11-28(12-17-34)23-8-5-4-7-22(23)20-36-28/h4-5,7-10,13,18-19,26H,1,6,11-12,14-17,20H2,2-3H3/b18-13-. The van der Waals surface area contributed by atoms with Crippen LogP contribution in [-0.2, 0) is 21.7 Å². The molecule has 2 aromatic rings. The molecule has 2 aromatic carbocycles. The third kappa shape index (κ3) is 5.50. The van der Waals surface area contributed by atoms with E-state index in [1.54, 1.807) is 30.1 Å². The van der Waals surface area contributed by atoms with Crippen LogP contribution in [0.5, 0.6) is 0 Å². The molecule has 1 fully saturated rings. The van der Waals surface area contributed by atoms with Gasteiger partial charge in [-0.3, -0.25) is 9.79 Å². The Morgan fingerprint density at radius 2 is 1.94 bits per heavy atom. The molecule has 1 unspecified atom stereocenters. The average Bonchev–Trinajstić information content (AvgIpc) is 3.24. The minimum Gasteiger partial charge on any atom is -0.365 e. The number of nitrogens with zero attached hydrogens (tertiary/aromatic N) is 4. The van der Waals surface area contributed by atoms with Gasteiger partial charge in [-0.25, -0.2) is 8.78 Å². The number of amides is 1. The van der Waals surface area contributed by atoms with Crippen molar-refractivity contribution >= 4 is 12.6 Å². The summed E-state index contributed by atoms with van der Waals surface area (Å²) in [4.78, 5) is 22.8. The van der Waals surface area contributed by atoms with Gasteiger partial charge in [-0.1, -0.05) is 30.3 Å². The Balaban J connectivity index is 1.33. The highest BCUT2D eigenvalue weighted by Gasteiger charge is 2.42.